The number of ether oxygens (including phenoxy) is 2. The fourth-order valence-electron chi connectivity index (χ4n) is 2.79. The van der Waals surface area contributed by atoms with Crippen LogP contribution < -0.4 is 10.5 Å². The van der Waals surface area contributed by atoms with Crippen LogP contribution in [0.2, 0.25) is 0 Å². The summed E-state index contributed by atoms with van der Waals surface area (Å²) >= 11 is 0. The molecule has 1 aromatic rings. The molecule has 19 heavy (non-hydrogen) atoms. The lowest BCUT2D eigenvalue weighted by molar-refractivity contribution is 0.172. The molecule has 0 amide bonds. The lowest BCUT2D eigenvalue weighted by atomic mass is 9.93. The van der Waals surface area contributed by atoms with Crippen LogP contribution in [-0.4, -0.2) is 26.4 Å². The van der Waals surface area contributed by atoms with Gasteiger partial charge in [0.2, 0.25) is 0 Å². The fourth-order valence-corrected chi connectivity index (χ4v) is 2.79. The van der Waals surface area contributed by atoms with Crippen molar-refractivity contribution in [2.24, 2.45) is 5.73 Å². The van der Waals surface area contributed by atoms with E-state index in [2.05, 4.69) is 25.1 Å². The molecule has 106 valence electrons. The zero-order valence-electron chi connectivity index (χ0n) is 12.0. The van der Waals surface area contributed by atoms with E-state index in [-0.39, 0.29) is 0 Å². The first-order chi connectivity index (χ1) is 9.22. The molecule has 0 aliphatic heterocycles. The predicted molar refractivity (Wildman–Crippen MR) is 77.7 cm³/mol. The van der Waals surface area contributed by atoms with E-state index in [1.807, 2.05) is 0 Å². The van der Waals surface area contributed by atoms with Gasteiger partial charge in [0.25, 0.3) is 0 Å². The van der Waals surface area contributed by atoms with Crippen molar-refractivity contribution in [2.45, 2.75) is 44.6 Å². The summed E-state index contributed by atoms with van der Waals surface area (Å²) in [5.74, 6) is 1.50. The second kappa shape index (κ2) is 6.92. The van der Waals surface area contributed by atoms with E-state index >= 15 is 0 Å². The first-order valence-electron chi connectivity index (χ1n) is 7.20. The van der Waals surface area contributed by atoms with Gasteiger partial charge in [-0.3, -0.25) is 0 Å². The molecule has 0 aromatic heterocycles. The minimum absolute atomic E-state index is 0.309. The molecule has 1 fully saturated rings. The maximum atomic E-state index is 6.18. The maximum Gasteiger partial charge on any atom is 0.122 e. The first kappa shape index (κ1) is 14.4. The Labute approximate surface area is 116 Å². The van der Waals surface area contributed by atoms with Crippen molar-refractivity contribution in [3.05, 3.63) is 29.3 Å². The minimum atomic E-state index is 0.309. The van der Waals surface area contributed by atoms with Gasteiger partial charge in [0, 0.05) is 26.2 Å². The molecule has 1 saturated carbocycles. The summed E-state index contributed by atoms with van der Waals surface area (Å²) in [5.41, 5.74) is 8.70. The summed E-state index contributed by atoms with van der Waals surface area (Å²) in [6.45, 7) is 3.53. The molecule has 0 radical (unpaired) electrons. The first-order valence-corrected chi connectivity index (χ1v) is 7.20. The van der Waals surface area contributed by atoms with E-state index in [1.54, 1.807) is 7.11 Å². The van der Waals surface area contributed by atoms with Gasteiger partial charge in [-0.05, 0) is 42.9 Å². The van der Waals surface area contributed by atoms with Gasteiger partial charge in [0.05, 0.1) is 6.61 Å². The van der Waals surface area contributed by atoms with Crippen molar-refractivity contribution in [2.75, 3.05) is 20.3 Å². The molecule has 1 aliphatic rings. The van der Waals surface area contributed by atoms with Crippen LogP contribution in [0.15, 0.2) is 18.2 Å². The van der Waals surface area contributed by atoms with Gasteiger partial charge >= 0.3 is 0 Å². The topological polar surface area (TPSA) is 44.5 Å². The zero-order chi connectivity index (χ0) is 13.7. The fraction of sp³-hybridized carbons (Fsp3) is 0.625. The Morgan fingerprint density at radius 1 is 1.26 bits per heavy atom. The average molecular weight is 263 g/mol. The molecule has 1 aromatic carbocycles. The number of hydrogen-bond donors (Lipinski definition) is 1. The van der Waals surface area contributed by atoms with E-state index in [0.717, 1.165) is 25.2 Å². The van der Waals surface area contributed by atoms with Gasteiger partial charge in [0.1, 0.15) is 5.75 Å². The Balaban J connectivity index is 2.02. The molecular weight excluding hydrogens is 238 g/mol. The quantitative estimate of drug-likeness (QED) is 0.802. The Bertz CT molecular complexity index is 406. The molecule has 0 heterocycles. The van der Waals surface area contributed by atoms with Gasteiger partial charge in [-0.1, -0.05) is 18.6 Å². The van der Waals surface area contributed by atoms with Crippen molar-refractivity contribution in [3.63, 3.8) is 0 Å². The highest BCUT2D eigenvalue weighted by Gasteiger charge is 2.25. The number of rotatable bonds is 6. The van der Waals surface area contributed by atoms with Crippen LogP contribution in [0.3, 0.4) is 0 Å². The molecule has 2 atom stereocenters. The van der Waals surface area contributed by atoms with Crippen LogP contribution in [0.1, 0.15) is 42.7 Å². The van der Waals surface area contributed by atoms with Gasteiger partial charge in [-0.2, -0.15) is 0 Å². The SMILES string of the molecule is COCCCOc1cc(C2CCCC2N)ccc1C. The summed E-state index contributed by atoms with van der Waals surface area (Å²) in [7, 11) is 1.72. The maximum absolute atomic E-state index is 6.18. The Morgan fingerprint density at radius 2 is 2.11 bits per heavy atom. The molecule has 3 nitrogen and oxygen atoms in total. The smallest absolute Gasteiger partial charge is 0.122 e. The van der Waals surface area contributed by atoms with E-state index in [0.29, 0.717) is 18.6 Å². The van der Waals surface area contributed by atoms with Crippen LogP contribution in [0.4, 0.5) is 0 Å². The molecule has 2 rings (SSSR count). The monoisotopic (exact) mass is 263 g/mol. The van der Waals surface area contributed by atoms with Crippen LogP contribution in [0.5, 0.6) is 5.75 Å². The number of methoxy groups -OCH3 is 1. The van der Waals surface area contributed by atoms with Crippen molar-refractivity contribution in [1.29, 1.82) is 0 Å². The lowest BCUT2D eigenvalue weighted by Crippen LogP contribution is -2.22. The summed E-state index contributed by atoms with van der Waals surface area (Å²) in [4.78, 5) is 0. The van der Waals surface area contributed by atoms with E-state index < -0.39 is 0 Å². The molecule has 3 heteroatoms. The van der Waals surface area contributed by atoms with Gasteiger partial charge in [-0.25, -0.2) is 0 Å². The molecular formula is C16H25NO2. The van der Waals surface area contributed by atoms with E-state index in [4.69, 9.17) is 15.2 Å². The van der Waals surface area contributed by atoms with E-state index in [9.17, 15) is 0 Å². The zero-order valence-corrected chi connectivity index (χ0v) is 12.0. The largest absolute Gasteiger partial charge is 0.493 e. The second-order valence-electron chi connectivity index (χ2n) is 5.42. The van der Waals surface area contributed by atoms with Crippen molar-refractivity contribution in [3.8, 4) is 5.75 Å². The summed E-state index contributed by atoms with van der Waals surface area (Å²) in [6.07, 6.45) is 4.50. The number of aryl methyl sites for hydroxylation is 1. The Morgan fingerprint density at radius 3 is 2.79 bits per heavy atom. The lowest BCUT2D eigenvalue weighted by Gasteiger charge is -2.18. The van der Waals surface area contributed by atoms with Gasteiger partial charge < -0.3 is 15.2 Å². The van der Waals surface area contributed by atoms with Crippen LogP contribution >= 0.6 is 0 Å². The van der Waals surface area contributed by atoms with E-state index in [1.165, 1.54) is 24.0 Å². The Hall–Kier alpha value is -1.06. The second-order valence-corrected chi connectivity index (χ2v) is 5.42. The molecule has 2 unspecified atom stereocenters. The van der Waals surface area contributed by atoms with Crippen molar-refractivity contribution in [1.82, 2.24) is 0 Å². The van der Waals surface area contributed by atoms with Crippen molar-refractivity contribution >= 4 is 0 Å². The molecule has 0 bridgehead atoms. The highest BCUT2D eigenvalue weighted by molar-refractivity contribution is 5.39. The van der Waals surface area contributed by atoms with Gasteiger partial charge in [0.15, 0.2) is 0 Å². The van der Waals surface area contributed by atoms with Crippen molar-refractivity contribution < 1.29 is 9.47 Å². The average Bonchev–Trinajstić information content (AvgIpc) is 2.83. The summed E-state index contributed by atoms with van der Waals surface area (Å²) < 4.78 is 10.9. The molecule has 0 spiro atoms. The highest BCUT2D eigenvalue weighted by Crippen LogP contribution is 2.35. The van der Waals surface area contributed by atoms with Crippen LogP contribution in [0.25, 0.3) is 0 Å². The predicted octanol–water partition coefficient (Wildman–Crippen LogP) is 3.01. The summed E-state index contributed by atoms with van der Waals surface area (Å²) in [5, 5.41) is 0. The minimum Gasteiger partial charge on any atom is -0.493 e. The third-order valence-corrected chi connectivity index (χ3v) is 3.96. The summed E-state index contributed by atoms with van der Waals surface area (Å²) in [6, 6.07) is 6.83. The number of nitrogens with two attached hydrogens (primary N) is 1. The molecule has 2 N–H and O–H groups in total. The normalized spacial score (nSPS) is 22.7. The molecule has 0 saturated heterocycles. The van der Waals surface area contributed by atoms with Gasteiger partial charge in [-0.15, -0.1) is 0 Å². The highest BCUT2D eigenvalue weighted by atomic mass is 16.5. The number of hydrogen-bond acceptors (Lipinski definition) is 3. The third kappa shape index (κ3) is 3.71. The van der Waals surface area contributed by atoms with Crippen LogP contribution in [0, 0.1) is 6.92 Å². The standard InChI is InChI=1S/C16H25NO2/c1-12-7-8-13(14-5-3-6-15(14)17)11-16(12)19-10-4-9-18-2/h7-8,11,14-15H,3-6,9-10,17H2,1-2H3. The van der Waals surface area contributed by atoms with Crippen LogP contribution in [-0.2, 0) is 4.74 Å². The Kier molecular flexibility index (Phi) is 5.23. The molecule has 1 aliphatic carbocycles. The third-order valence-electron chi connectivity index (χ3n) is 3.96. The number of benzene rings is 1.